The molecule has 1 amide bonds. The van der Waals surface area contributed by atoms with Crippen LogP contribution in [0, 0.1) is 0 Å². The van der Waals surface area contributed by atoms with Crippen LogP contribution in [0.15, 0.2) is 71.6 Å². The van der Waals surface area contributed by atoms with Gasteiger partial charge in [0.1, 0.15) is 0 Å². The molecular weight excluding hydrogens is 432 g/mol. The van der Waals surface area contributed by atoms with E-state index in [1.807, 2.05) is 13.0 Å². The summed E-state index contributed by atoms with van der Waals surface area (Å²) < 4.78 is 27.7. The quantitative estimate of drug-likeness (QED) is 0.542. The molecule has 0 saturated heterocycles. The lowest BCUT2D eigenvalue weighted by atomic mass is 10.0. The summed E-state index contributed by atoms with van der Waals surface area (Å²) in [4.78, 5) is 13.0. The Bertz CT molecular complexity index is 1230. The maximum atomic E-state index is 12.9. The predicted octanol–water partition coefficient (Wildman–Crippen LogP) is 5.12. The largest absolute Gasteiger partial charge is 0.345 e. The fraction of sp³-hybridized carbons (Fsp3) is 0.208. The number of halogens is 1. The average molecular weight is 455 g/mol. The van der Waals surface area contributed by atoms with Gasteiger partial charge in [-0.3, -0.25) is 9.52 Å². The lowest BCUT2D eigenvalue weighted by molar-refractivity contribution is 0.0940. The number of anilines is 1. The van der Waals surface area contributed by atoms with E-state index in [4.69, 9.17) is 11.6 Å². The van der Waals surface area contributed by atoms with E-state index in [0.717, 1.165) is 18.4 Å². The first-order chi connectivity index (χ1) is 14.8. The third-order valence-electron chi connectivity index (χ3n) is 5.49. The van der Waals surface area contributed by atoms with E-state index in [2.05, 4.69) is 22.2 Å². The summed E-state index contributed by atoms with van der Waals surface area (Å²) in [5, 5.41) is 3.22. The lowest BCUT2D eigenvalue weighted by Crippen LogP contribution is -2.27. The van der Waals surface area contributed by atoms with Crippen LogP contribution in [0.25, 0.3) is 0 Å². The zero-order chi connectivity index (χ0) is 22.0. The minimum Gasteiger partial charge on any atom is -0.345 e. The van der Waals surface area contributed by atoms with Crippen molar-refractivity contribution in [1.29, 1.82) is 0 Å². The highest BCUT2D eigenvalue weighted by molar-refractivity contribution is 7.92. The summed E-state index contributed by atoms with van der Waals surface area (Å²) in [5.41, 5.74) is 4.23. The fourth-order valence-electron chi connectivity index (χ4n) is 3.80. The molecule has 0 spiro atoms. The van der Waals surface area contributed by atoms with E-state index in [-0.39, 0.29) is 33.1 Å². The number of carbonyl (C=O) groups is 1. The van der Waals surface area contributed by atoms with Crippen molar-refractivity contribution in [2.45, 2.75) is 37.1 Å². The lowest BCUT2D eigenvalue weighted by Gasteiger charge is -2.17. The molecule has 0 bridgehead atoms. The SMILES string of the molecule is C[C@@H](NC(=O)c1cc(NS(=O)(=O)c2ccccc2)ccc1Cl)c1ccc2c(c1)CCC2. The van der Waals surface area contributed by atoms with Gasteiger partial charge < -0.3 is 5.32 Å². The Kier molecular flexibility index (Phi) is 6.03. The molecule has 160 valence electrons. The molecule has 0 aliphatic heterocycles. The van der Waals surface area contributed by atoms with E-state index in [0.29, 0.717) is 0 Å². The molecular formula is C24H23ClN2O3S. The number of hydrogen-bond donors (Lipinski definition) is 2. The summed E-state index contributed by atoms with van der Waals surface area (Å²) in [6, 6.07) is 18.7. The minimum absolute atomic E-state index is 0.140. The average Bonchev–Trinajstić information content (AvgIpc) is 3.23. The molecule has 0 aromatic heterocycles. The molecule has 1 aliphatic carbocycles. The van der Waals surface area contributed by atoms with E-state index in [1.54, 1.807) is 18.2 Å². The third kappa shape index (κ3) is 4.75. The molecule has 1 aliphatic rings. The number of amides is 1. The van der Waals surface area contributed by atoms with Crippen LogP contribution in [0.3, 0.4) is 0 Å². The molecule has 0 radical (unpaired) electrons. The van der Waals surface area contributed by atoms with Crippen molar-refractivity contribution >= 4 is 33.2 Å². The molecule has 0 unspecified atom stereocenters. The maximum Gasteiger partial charge on any atom is 0.261 e. The van der Waals surface area contributed by atoms with Gasteiger partial charge in [0.25, 0.3) is 15.9 Å². The molecule has 4 rings (SSSR count). The van der Waals surface area contributed by atoms with Crippen LogP contribution in [0.4, 0.5) is 5.69 Å². The van der Waals surface area contributed by atoms with Gasteiger partial charge in [-0.2, -0.15) is 0 Å². The maximum absolute atomic E-state index is 12.9. The van der Waals surface area contributed by atoms with Gasteiger partial charge in [0.05, 0.1) is 21.5 Å². The van der Waals surface area contributed by atoms with Gasteiger partial charge in [0, 0.05) is 5.69 Å². The molecule has 0 heterocycles. The second kappa shape index (κ2) is 8.73. The smallest absolute Gasteiger partial charge is 0.261 e. The van der Waals surface area contributed by atoms with Gasteiger partial charge in [-0.25, -0.2) is 8.42 Å². The van der Waals surface area contributed by atoms with E-state index in [9.17, 15) is 13.2 Å². The van der Waals surface area contributed by atoms with Crippen LogP contribution in [-0.4, -0.2) is 14.3 Å². The Morgan fingerprint density at radius 1 is 0.968 bits per heavy atom. The zero-order valence-corrected chi connectivity index (χ0v) is 18.6. The number of hydrogen-bond acceptors (Lipinski definition) is 3. The second-order valence-electron chi connectivity index (χ2n) is 7.69. The molecule has 31 heavy (non-hydrogen) atoms. The van der Waals surface area contributed by atoms with Crippen molar-refractivity contribution in [1.82, 2.24) is 5.32 Å². The molecule has 1 atom stereocenters. The molecule has 0 saturated carbocycles. The number of nitrogens with one attached hydrogen (secondary N) is 2. The standard InChI is InChI=1S/C24H23ClN2O3S/c1-16(18-11-10-17-6-5-7-19(17)14-18)26-24(28)22-15-20(12-13-23(22)25)27-31(29,30)21-8-3-2-4-9-21/h2-4,8-16,27H,5-7H2,1H3,(H,26,28)/t16-/m1/s1. The van der Waals surface area contributed by atoms with Gasteiger partial charge in [-0.1, -0.05) is 48.0 Å². The predicted molar refractivity (Wildman–Crippen MR) is 123 cm³/mol. The molecule has 3 aromatic carbocycles. The second-order valence-corrected chi connectivity index (χ2v) is 9.78. The highest BCUT2D eigenvalue weighted by Gasteiger charge is 2.19. The van der Waals surface area contributed by atoms with Gasteiger partial charge >= 0.3 is 0 Å². The highest BCUT2D eigenvalue weighted by atomic mass is 35.5. The number of rotatable bonds is 6. The van der Waals surface area contributed by atoms with Gasteiger partial charge in [0.15, 0.2) is 0 Å². The summed E-state index contributed by atoms with van der Waals surface area (Å²) in [7, 11) is -3.77. The van der Waals surface area contributed by atoms with Crippen molar-refractivity contribution in [3.05, 3.63) is 94.0 Å². The Hall–Kier alpha value is -2.83. The van der Waals surface area contributed by atoms with E-state index >= 15 is 0 Å². The fourth-order valence-corrected chi connectivity index (χ4v) is 5.07. The van der Waals surface area contributed by atoms with Crippen LogP contribution in [0.5, 0.6) is 0 Å². The van der Waals surface area contributed by atoms with Gasteiger partial charge in [-0.05, 0) is 73.2 Å². The van der Waals surface area contributed by atoms with Crippen LogP contribution in [0.1, 0.15) is 46.4 Å². The number of aryl methyl sites for hydroxylation is 2. The first kappa shape index (κ1) is 21.4. The Labute approximate surface area is 187 Å². The van der Waals surface area contributed by atoms with Crippen LogP contribution in [-0.2, 0) is 22.9 Å². The first-order valence-electron chi connectivity index (χ1n) is 10.1. The normalized spacial score (nSPS) is 14.0. The summed E-state index contributed by atoms with van der Waals surface area (Å²) >= 11 is 6.25. The number of benzene rings is 3. The van der Waals surface area contributed by atoms with Crippen LogP contribution in [0.2, 0.25) is 5.02 Å². The molecule has 3 aromatic rings. The van der Waals surface area contributed by atoms with Crippen LogP contribution < -0.4 is 10.0 Å². The van der Waals surface area contributed by atoms with Crippen molar-refractivity contribution in [2.24, 2.45) is 0 Å². The van der Waals surface area contributed by atoms with Crippen molar-refractivity contribution < 1.29 is 13.2 Å². The third-order valence-corrected chi connectivity index (χ3v) is 7.21. The van der Waals surface area contributed by atoms with Crippen molar-refractivity contribution in [3.63, 3.8) is 0 Å². The Morgan fingerprint density at radius 3 is 2.48 bits per heavy atom. The van der Waals surface area contributed by atoms with Crippen molar-refractivity contribution in [2.75, 3.05) is 4.72 Å². The topological polar surface area (TPSA) is 75.3 Å². The number of fused-ring (bicyclic) bond motifs is 1. The number of carbonyl (C=O) groups excluding carboxylic acids is 1. The molecule has 7 heteroatoms. The summed E-state index contributed by atoms with van der Waals surface area (Å²) in [6.07, 6.45) is 3.34. The zero-order valence-electron chi connectivity index (χ0n) is 17.1. The Balaban J connectivity index is 1.52. The summed E-state index contributed by atoms with van der Waals surface area (Å²) in [6.45, 7) is 1.92. The molecule has 2 N–H and O–H groups in total. The minimum atomic E-state index is -3.77. The first-order valence-corrected chi connectivity index (χ1v) is 12.0. The van der Waals surface area contributed by atoms with Crippen LogP contribution >= 0.6 is 11.6 Å². The summed E-state index contributed by atoms with van der Waals surface area (Å²) in [5.74, 6) is -0.362. The Morgan fingerprint density at radius 2 is 1.71 bits per heavy atom. The van der Waals surface area contributed by atoms with E-state index in [1.165, 1.54) is 47.9 Å². The van der Waals surface area contributed by atoms with Crippen molar-refractivity contribution in [3.8, 4) is 0 Å². The molecule has 5 nitrogen and oxygen atoms in total. The highest BCUT2D eigenvalue weighted by Crippen LogP contribution is 2.27. The number of sulfonamides is 1. The van der Waals surface area contributed by atoms with Gasteiger partial charge in [-0.15, -0.1) is 0 Å². The monoisotopic (exact) mass is 454 g/mol. The van der Waals surface area contributed by atoms with E-state index < -0.39 is 10.0 Å². The van der Waals surface area contributed by atoms with Gasteiger partial charge in [0.2, 0.25) is 0 Å². The molecule has 0 fully saturated rings.